The third-order valence-corrected chi connectivity index (χ3v) is 2.37. The third kappa shape index (κ3) is 7.14. The van der Waals surface area contributed by atoms with Crippen LogP contribution in [0.2, 0.25) is 0 Å². The second kappa shape index (κ2) is 7.46. The smallest absolute Gasteiger partial charge is 0.0237 e. The van der Waals surface area contributed by atoms with Crippen LogP contribution in [-0.2, 0) is 0 Å². The Morgan fingerprint density at radius 1 is 1.40 bits per heavy atom. The minimum Gasteiger partial charge on any atom is -0.394 e. The van der Waals surface area contributed by atoms with Crippen LogP contribution in [0.25, 0.3) is 0 Å². The maximum atomic E-state index is 7.21. The van der Waals surface area contributed by atoms with Gasteiger partial charge in [-0.1, -0.05) is 27.2 Å². The van der Waals surface area contributed by atoms with E-state index in [1.54, 1.807) is 0 Å². The molecular formula is C12H25N3. The molecule has 0 amide bonds. The molecule has 0 radical (unpaired) electrons. The molecule has 0 fully saturated rings. The zero-order chi connectivity index (χ0) is 11.7. The van der Waals surface area contributed by atoms with E-state index in [0.717, 1.165) is 18.7 Å². The molecule has 0 saturated carbocycles. The highest BCUT2D eigenvalue weighted by molar-refractivity contribution is 5.75. The number of rotatable bonds is 8. The highest BCUT2D eigenvalue weighted by Gasteiger charge is 2.15. The first-order valence-corrected chi connectivity index (χ1v) is 5.63. The lowest BCUT2D eigenvalue weighted by Gasteiger charge is -2.24. The number of hydrogen-bond donors (Lipinski definition) is 3. The van der Waals surface area contributed by atoms with Crippen LogP contribution >= 0.6 is 0 Å². The van der Waals surface area contributed by atoms with Gasteiger partial charge in [0.1, 0.15) is 0 Å². The molecule has 0 heterocycles. The largest absolute Gasteiger partial charge is 0.394 e. The Kier molecular flexibility index (Phi) is 7.05. The summed E-state index contributed by atoms with van der Waals surface area (Å²) in [4.78, 5) is 0. The van der Waals surface area contributed by atoms with Crippen molar-refractivity contribution in [3.05, 3.63) is 11.8 Å². The van der Waals surface area contributed by atoms with Crippen LogP contribution in [0.15, 0.2) is 11.8 Å². The summed E-state index contributed by atoms with van der Waals surface area (Å²) >= 11 is 0. The van der Waals surface area contributed by atoms with Crippen molar-refractivity contribution in [1.82, 2.24) is 10.6 Å². The molecule has 0 aromatic carbocycles. The van der Waals surface area contributed by atoms with Crippen molar-refractivity contribution in [3.8, 4) is 0 Å². The van der Waals surface area contributed by atoms with Crippen molar-refractivity contribution in [2.45, 2.75) is 33.6 Å². The lowest BCUT2D eigenvalue weighted by atomic mass is 9.88. The van der Waals surface area contributed by atoms with Crippen molar-refractivity contribution >= 4 is 6.21 Å². The topological polar surface area (TPSA) is 47.9 Å². The lowest BCUT2D eigenvalue weighted by Crippen LogP contribution is -2.31. The van der Waals surface area contributed by atoms with E-state index in [2.05, 4.69) is 31.4 Å². The molecule has 3 heteroatoms. The fourth-order valence-electron chi connectivity index (χ4n) is 1.64. The minimum absolute atomic E-state index is 0.349. The summed E-state index contributed by atoms with van der Waals surface area (Å²) in [6.45, 7) is 8.52. The Balaban J connectivity index is 3.86. The first-order valence-electron chi connectivity index (χ1n) is 5.63. The lowest BCUT2D eigenvalue weighted by molar-refractivity contribution is 0.316. The highest BCUT2D eigenvalue weighted by atomic mass is 14.9. The molecule has 0 atom stereocenters. The van der Waals surface area contributed by atoms with Crippen molar-refractivity contribution in [2.75, 3.05) is 20.1 Å². The molecular weight excluding hydrogens is 186 g/mol. The third-order valence-electron chi connectivity index (χ3n) is 2.37. The summed E-state index contributed by atoms with van der Waals surface area (Å²) in [5.41, 5.74) is 1.33. The van der Waals surface area contributed by atoms with Crippen LogP contribution < -0.4 is 10.6 Å². The molecule has 0 aromatic rings. The Bertz CT molecular complexity index is 207. The summed E-state index contributed by atoms with van der Waals surface area (Å²) in [5.74, 6) is 0. The predicted molar refractivity (Wildman–Crippen MR) is 67.5 cm³/mol. The minimum atomic E-state index is 0.349. The molecule has 0 saturated heterocycles. The van der Waals surface area contributed by atoms with Crippen LogP contribution in [0, 0.1) is 10.8 Å². The van der Waals surface area contributed by atoms with Gasteiger partial charge in [-0.15, -0.1) is 0 Å². The Labute approximate surface area is 93.8 Å². The van der Waals surface area contributed by atoms with Gasteiger partial charge in [-0.05, 0) is 17.4 Å². The summed E-state index contributed by atoms with van der Waals surface area (Å²) in [6.07, 6.45) is 5.69. The molecule has 15 heavy (non-hydrogen) atoms. The van der Waals surface area contributed by atoms with Crippen LogP contribution in [0.4, 0.5) is 0 Å². The highest BCUT2D eigenvalue weighted by Crippen LogP contribution is 2.20. The van der Waals surface area contributed by atoms with E-state index in [-0.39, 0.29) is 0 Å². The molecule has 0 aromatic heterocycles. The van der Waals surface area contributed by atoms with Gasteiger partial charge in [0.25, 0.3) is 0 Å². The summed E-state index contributed by atoms with van der Waals surface area (Å²) in [6, 6.07) is 0. The number of nitrogens with one attached hydrogen (secondary N) is 3. The van der Waals surface area contributed by atoms with E-state index < -0.39 is 0 Å². The summed E-state index contributed by atoms with van der Waals surface area (Å²) in [7, 11) is 1.85. The van der Waals surface area contributed by atoms with Crippen molar-refractivity contribution < 1.29 is 0 Å². The molecule has 0 aliphatic carbocycles. The van der Waals surface area contributed by atoms with Gasteiger partial charge >= 0.3 is 0 Å². The zero-order valence-corrected chi connectivity index (χ0v) is 10.5. The summed E-state index contributed by atoms with van der Waals surface area (Å²) in [5, 5.41) is 13.5. The molecule has 0 bridgehead atoms. The standard InChI is InChI=1S/C12H25N3/c1-5-6-12(2,3)10-15-9-11(7-13)8-14-4/h7-8,13-15H,5-6,9-10H2,1-4H3/b11-8+,13-7?. The van der Waals surface area contributed by atoms with Gasteiger partial charge < -0.3 is 16.0 Å². The van der Waals surface area contributed by atoms with Gasteiger partial charge in [0, 0.05) is 32.6 Å². The Morgan fingerprint density at radius 3 is 2.53 bits per heavy atom. The van der Waals surface area contributed by atoms with Gasteiger partial charge in [0.05, 0.1) is 0 Å². The Morgan fingerprint density at radius 2 is 2.07 bits per heavy atom. The second-order valence-corrected chi connectivity index (χ2v) is 4.67. The van der Waals surface area contributed by atoms with Crippen molar-refractivity contribution in [1.29, 1.82) is 5.41 Å². The van der Waals surface area contributed by atoms with Crippen molar-refractivity contribution in [3.63, 3.8) is 0 Å². The first-order chi connectivity index (χ1) is 7.05. The van der Waals surface area contributed by atoms with Crippen LogP contribution in [0.1, 0.15) is 33.6 Å². The van der Waals surface area contributed by atoms with Gasteiger partial charge in [0.2, 0.25) is 0 Å². The SMILES string of the molecule is CCCC(C)(C)CNC/C(C=N)=C/NC. The number of hydrogen-bond acceptors (Lipinski definition) is 3. The average Bonchev–Trinajstić information content (AvgIpc) is 2.16. The molecule has 0 aliphatic rings. The molecule has 88 valence electrons. The molecule has 0 aliphatic heterocycles. The molecule has 3 nitrogen and oxygen atoms in total. The van der Waals surface area contributed by atoms with Gasteiger partial charge in [-0.2, -0.15) is 0 Å². The molecule has 3 N–H and O–H groups in total. The van der Waals surface area contributed by atoms with E-state index in [0.29, 0.717) is 5.41 Å². The predicted octanol–water partition coefficient (Wildman–Crippen LogP) is 2.16. The molecule has 0 spiro atoms. The van der Waals surface area contributed by atoms with E-state index >= 15 is 0 Å². The van der Waals surface area contributed by atoms with Crippen LogP contribution in [0.3, 0.4) is 0 Å². The van der Waals surface area contributed by atoms with E-state index in [1.165, 1.54) is 19.1 Å². The average molecular weight is 211 g/mol. The van der Waals surface area contributed by atoms with Gasteiger partial charge in [-0.3, -0.25) is 0 Å². The maximum absolute atomic E-state index is 7.21. The van der Waals surface area contributed by atoms with Crippen LogP contribution in [0.5, 0.6) is 0 Å². The quantitative estimate of drug-likeness (QED) is 0.539. The van der Waals surface area contributed by atoms with Gasteiger partial charge in [-0.25, -0.2) is 0 Å². The zero-order valence-electron chi connectivity index (χ0n) is 10.5. The molecule has 0 rings (SSSR count). The molecule has 0 unspecified atom stereocenters. The fourth-order valence-corrected chi connectivity index (χ4v) is 1.64. The normalized spacial score (nSPS) is 12.7. The summed E-state index contributed by atoms with van der Waals surface area (Å²) < 4.78 is 0. The van der Waals surface area contributed by atoms with E-state index in [9.17, 15) is 0 Å². The Hall–Kier alpha value is -0.830. The fraction of sp³-hybridized carbons (Fsp3) is 0.750. The van der Waals surface area contributed by atoms with E-state index in [1.807, 2.05) is 13.2 Å². The van der Waals surface area contributed by atoms with E-state index in [4.69, 9.17) is 5.41 Å². The van der Waals surface area contributed by atoms with Gasteiger partial charge in [0.15, 0.2) is 0 Å². The van der Waals surface area contributed by atoms with Crippen LogP contribution in [-0.4, -0.2) is 26.4 Å². The monoisotopic (exact) mass is 211 g/mol. The second-order valence-electron chi connectivity index (χ2n) is 4.67. The first kappa shape index (κ1) is 14.2. The van der Waals surface area contributed by atoms with Crippen molar-refractivity contribution in [2.24, 2.45) is 5.41 Å². The maximum Gasteiger partial charge on any atom is 0.0237 e.